The highest BCUT2D eigenvalue weighted by atomic mass is 35.5. The van der Waals surface area contributed by atoms with Crippen LogP contribution in [0.5, 0.6) is 0 Å². The Bertz CT molecular complexity index is 539. The summed E-state index contributed by atoms with van der Waals surface area (Å²) in [7, 11) is 1.73. The van der Waals surface area contributed by atoms with E-state index < -0.39 is 6.03 Å². The molecule has 2 amide bonds. The Morgan fingerprint density at radius 3 is 2.82 bits per heavy atom. The van der Waals surface area contributed by atoms with E-state index in [1.807, 2.05) is 0 Å². The summed E-state index contributed by atoms with van der Waals surface area (Å²) < 4.78 is 1.55. The Hall–Kier alpha value is -2.08. The van der Waals surface area contributed by atoms with Gasteiger partial charge in [0.15, 0.2) is 5.15 Å². The molecule has 0 aliphatic rings. The van der Waals surface area contributed by atoms with Crippen LogP contribution in [0.4, 0.5) is 16.3 Å². The molecule has 2 aromatic rings. The summed E-state index contributed by atoms with van der Waals surface area (Å²) in [6.07, 6.45) is 3.14. The van der Waals surface area contributed by atoms with Crippen LogP contribution in [0.25, 0.3) is 0 Å². The molecule has 0 spiro atoms. The maximum atomic E-state index is 11.6. The molecule has 0 aliphatic heterocycles. The van der Waals surface area contributed by atoms with Crippen LogP contribution in [0.1, 0.15) is 0 Å². The van der Waals surface area contributed by atoms with E-state index >= 15 is 0 Å². The summed E-state index contributed by atoms with van der Waals surface area (Å²) in [5.74, 6) is 0.586. The van der Waals surface area contributed by atoms with Crippen molar-refractivity contribution in [1.29, 1.82) is 0 Å². The van der Waals surface area contributed by atoms with E-state index in [-0.39, 0.29) is 5.15 Å². The van der Waals surface area contributed by atoms with Crippen molar-refractivity contribution in [2.24, 2.45) is 7.05 Å². The summed E-state index contributed by atoms with van der Waals surface area (Å²) in [4.78, 5) is 15.5. The number of halogens is 1. The second-order valence-corrected chi connectivity index (χ2v) is 3.62. The molecular weight excluding hydrogens is 242 g/mol. The molecule has 0 radical (unpaired) electrons. The van der Waals surface area contributed by atoms with Crippen molar-refractivity contribution in [3.8, 4) is 0 Å². The minimum Gasteiger partial charge on any atom is -0.305 e. The highest BCUT2D eigenvalue weighted by Crippen LogP contribution is 2.17. The summed E-state index contributed by atoms with van der Waals surface area (Å²) in [6, 6.07) is 4.64. The number of carbonyl (C=O) groups excluding carboxylic acids is 1. The predicted octanol–water partition coefficient (Wildman–Crippen LogP) is 2.11. The molecule has 0 aliphatic carbocycles. The number of nitrogens with zero attached hydrogens (tertiary/aromatic N) is 3. The number of carbonyl (C=O) groups is 1. The molecule has 2 N–H and O–H groups in total. The summed E-state index contributed by atoms with van der Waals surface area (Å²) >= 11 is 5.81. The van der Waals surface area contributed by atoms with Crippen molar-refractivity contribution in [3.63, 3.8) is 0 Å². The lowest BCUT2D eigenvalue weighted by molar-refractivity contribution is 0.262. The first kappa shape index (κ1) is 11.4. The van der Waals surface area contributed by atoms with E-state index in [4.69, 9.17) is 11.6 Å². The number of nitrogens with one attached hydrogen (secondary N) is 2. The van der Waals surface area contributed by atoms with Crippen LogP contribution in [0, 0.1) is 0 Å². The molecule has 2 heterocycles. The Morgan fingerprint density at radius 2 is 2.18 bits per heavy atom. The normalized spacial score (nSPS) is 10.0. The van der Waals surface area contributed by atoms with Crippen LogP contribution in [-0.2, 0) is 7.05 Å². The minimum atomic E-state index is -0.400. The molecule has 6 nitrogen and oxygen atoms in total. The quantitative estimate of drug-likeness (QED) is 0.803. The number of hydrogen-bond acceptors (Lipinski definition) is 3. The first-order valence-corrected chi connectivity index (χ1v) is 5.21. The van der Waals surface area contributed by atoms with Gasteiger partial charge in [-0.3, -0.25) is 10.00 Å². The molecule has 0 bridgehead atoms. The second kappa shape index (κ2) is 4.84. The number of amides is 2. The van der Waals surface area contributed by atoms with Gasteiger partial charge in [-0.2, -0.15) is 5.10 Å². The lowest BCUT2D eigenvalue weighted by Crippen LogP contribution is -2.21. The summed E-state index contributed by atoms with van der Waals surface area (Å²) in [6.45, 7) is 0. The molecular formula is C10H10ClN5O. The predicted molar refractivity (Wildman–Crippen MR) is 65.1 cm³/mol. The highest BCUT2D eigenvalue weighted by molar-refractivity contribution is 6.32. The molecule has 17 heavy (non-hydrogen) atoms. The molecule has 0 fully saturated rings. The van der Waals surface area contributed by atoms with Crippen molar-refractivity contribution in [3.05, 3.63) is 35.7 Å². The molecule has 2 rings (SSSR count). The molecule has 0 saturated heterocycles. The van der Waals surface area contributed by atoms with Crippen molar-refractivity contribution in [2.75, 3.05) is 10.6 Å². The van der Waals surface area contributed by atoms with E-state index in [1.54, 1.807) is 42.3 Å². The number of hydrogen-bond donors (Lipinski definition) is 2. The van der Waals surface area contributed by atoms with Gasteiger partial charge in [0.2, 0.25) is 0 Å². The number of pyridine rings is 1. The van der Waals surface area contributed by atoms with Crippen LogP contribution in [-0.4, -0.2) is 20.8 Å². The van der Waals surface area contributed by atoms with Gasteiger partial charge in [0.1, 0.15) is 5.82 Å². The average molecular weight is 252 g/mol. The fourth-order valence-corrected chi connectivity index (χ4v) is 1.41. The van der Waals surface area contributed by atoms with Gasteiger partial charge >= 0.3 is 6.03 Å². The number of urea groups is 1. The second-order valence-electron chi connectivity index (χ2n) is 3.26. The largest absolute Gasteiger partial charge is 0.324 e. The first-order valence-electron chi connectivity index (χ1n) is 4.83. The third kappa shape index (κ3) is 2.73. The zero-order chi connectivity index (χ0) is 12.3. The molecule has 0 unspecified atom stereocenters. The first-order chi connectivity index (χ1) is 8.16. The average Bonchev–Trinajstić information content (AvgIpc) is 2.68. The van der Waals surface area contributed by atoms with Crippen LogP contribution in [0.15, 0.2) is 30.6 Å². The molecule has 0 saturated carbocycles. The lowest BCUT2D eigenvalue weighted by Gasteiger charge is -2.08. The number of aryl methyl sites for hydroxylation is 1. The van der Waals surface area contributed by atoms with E-state index in [2.05, 4.69) is 20.7 Å². The molecule has 0 aromatic carbocycles. The Kier molecular flexibility index (Phi) is 3.24. The van der Waals surface area contributed by atoms with Crippen molar-refractivity contribution < 1.29 is 4.79 Å². The van der Waals surface area contributed by atoms with E-state index in [0.29, 0.717) is 11.5 Å². The van der Waals surface area contributed by atoms with Gasteiger partial charge in [-0.15, -0.1) is 0 Å². The highest BCUT2D eigenvalue weighted by Gasteiger charge is 2.07. The van der Waals surface area contributed by atoms with Crippen LogP contribution < -0.4 is 10.6 Å². The maximum Gasteiger partial charge on any atom is 0.324 e. The van der Waals surface area contributed by atoms with Crippen molar-refractivity contribution in [1.82, 2.24) is 14.8 Å². The smallest absolute Gasteiger partial charge is 0.305 e. The van der Waals surface area contributed by atoms with E-state index in [1.165, 1.54) is 0 Å². The van der Waals surface area contributed by atoms with E-state index in [9.17, 15) is 4.79 Å². The van der Waals surface area contributed by atoms with Crippen LogP contribution in [0.3, 0.4) is 0 Å². The van der Waals surface area contributed by atoms with Crippen LogP contribution in [0.2, 0.25) is 5.15 Å². The van der Waals surface area contributed by atoms with Crippen LogP contribution >= 0.6 is 11.6 Å². The topological polar surface area (TPSA) is 71.8 Å². The van der Waals surface area contributed by atoms with Gasteiger partial charge in [-0.1, -0.05) is 11.6 Å². The fourth-order valence-electron chi connectivity index (χ4n) is 1.25. The monoisotopic (exact) mass is 251 g/mol. The van der Waals surface area contributed by atoms with Crippen molar-refractivity contribution >= 4 is 29.1 Å². The fraction of sp³-hybridized carbons (Fsp3) is 0.100. The number of rotatable bonds is 2. The molecule has 2 aromatic heterocycles. The SMILES string of the molecule is Cn1nccc1NC(=O)Nc1cccnc1Cl. The third-order valence-corrected chi connectivity index (χ3v) is 2.37. The van der Waals surface area contributed by atoms with Gasteiger partial charge in [0, 0.05) is 19.3 Å². The van der Waals surface area contributed by atoms with Gasteiger partial charge in [-0.25, -0.2) is 9.78 Å². The Balaban J connectivity index is 2.03. The molecule has 7 heteroatoms. The number of anilines is 2. The standard InChI is InChI=1S/C10H10ClN5O/c1-16-8(4-6-13-16)15-10(17)14-7-3-2-5-12-9(7)11/h2-6H,1H3,(H2,14,15,17). The maximum absolute atomic E-state index is 11.6. The molecule has 0 atom stereocenters. The van der Waals surface area contributed by atoms with E-state index in [0.717, 1.165) is 0 Å². The zero-order valence-corrected chi connectivity index (χ0v) is 9.77. The number of aromatic nitrogens is 3. The van der Waals surface area contributed by atoms with Gasteiger partial charge in [0.25, 0.3) is 0 Å². The lowest BCUT2D eigenvalue weighted by atomic mass is 10.4. The van der Waals surface area contributed by atoms with Gasteiger partial charge in [-0.05, 0) is 12.1 Å². The third-order valence-electron chi connectivity index (χ3n) is 2.07. The Morgan fingerprint density at radius 1 is 1.35 bits per heavy atom. The van der Waals surface area contributed by atoms with Crippen molar-refractivity contribution in [2.45, 2.75) is 0 Å². The minimum absolute atomic E-state index is 0.243. The van der Waals surface area contributed by atoms with Gasteiger partial charge < -0.3 is 5.32 Å². The Labute approximate surface area is 103 Å². The summed E-state index contributed by atoms with van der Waals surface area (Å²) in [5.41, 5.74) is 0.453. The molecule has 88 valence electrons. The van der Waals surface area contributed by atoms with Gasteiger partial charge in [0.05, 0.1) is 11.9 Å². The zero-order valence-electron chi connectivity index (χ0n) is 9.01. The summed E-state index contributed by atoms with van der Waals surface area (Å²) in [5, 5.41) is 9.39.